The minimum absolute atomic E-state index is 0.0664. The van der Waals surface area contributed by atoms with Crippen LogP contribution in [0, 0.1) is 5.82 Å². The van der Waals surface area contributed by atoms with Crippen LogP contribution in [0.4, 0.5) is 4.39 Å². The van der Waals surface area contributed by atoms with E-state index in [4.69, 9.17) is 4.42 Å². The van der Waals surface area contributed by atoms with E-state index < -0.39 is 23.1 Å². The van der Waals surface area contributed by atoms with Crippen molar-refractivity contribution in [2.45, 2.75) is 0 Å². The maximum Gasteiger partial charge on any atom is 0.263 e. The van der Waals surface area contributed by atoms with Crippen molar-refractivity contribution in [1.82, 2.24) is 10.6 Å². The number of allylic oxidation sites excluding steroid dienone is 2. The molecule has 1 aliphatic heterocycles. The third-order valence-electron chi connectivity index (χ3n) is 3.24. The highest BCUT2D eigenvalue weighted by atomic mass is 32.1. The first-order chi connectivity index (χ1) is 11.5. The van der Waals surface area contributed by atoms with E-state index in [1.54, 1.807) is 0 Å². The molecule has 1 aliphatic rings. The first-order valence-electron chi connectivity index (χ1n) is 6.72. The number of thiocarbonyl (C=S) groups is 1. The molecule has 24 heavy (non-hydrogen) atoms. The van der Waals surface area contributed by atoms with Gasteiger partial charge in [-0.15, -0.1) is 0 Å². The molecule has 0 atom stereocenters. The van der Waals surface area contributed by atoms with Gasteiger partial charge in [0, 0.05) is 0 Å². The van der Waals surface area contributed by atoms with E-state index in [0.29, 0.717) is 0 Å². The number of carbonyl (C=O) groups excluding carboxylic acids is 2. The Bertz CT molecular complexity index is 985. The lowest BCUT2D eigenvalue weighted by molar-refractivity contribution is -0.123. The molecule has 6 nitrogen and oxygen atoms in total. The van der Waals surface area contributed by atoms with Crippen molar-refractivity contribution in [2.75, 3.05) is 0 Å². The standard InChI is InChI=1S/C16H9FN2O4S/c17-9-4-5-12-11(6-9)13(20)8(7-23-12)2-1-3-10-14(21)18-16(24)19-15(10)22/h1-7H,(H2,18,19,21,22,24)/b2-1+. The summed E-state index contributed by atoms with van der Waals surface area (Å²) in [4.78, 5) is 35.6. The van der Waals surface area contributed by atoms with Gasteiger partial charge in [-0.3, -0.25) is 25.0 Å². The number of carbonyl (C=O) groups is 2. The molecular formula is C16H9FN2O4S. The van der Waals surface area contributed by atoms with Gasteiger partial charge in [-0.1, -0.05) is 6.08 Å². The summed E-state index contributed by atoms with van der Waals surface area (Å²) < 4.78 is 18.5. The molecule has 2 heterocycles. The first-order valence-corrected chi connectivity index (χ1v) is 7.12. The molecule has 8 heteroatoms. The molecule has 120 valence electrons. The topological polar surface area (TPSA) is 88.4 Å². The van der Waals surface area contributed by atoms with Crippen LogP contribution in [0.2, 0.25) is 0 Å². The highest BCUT2D eigenvalue weighted by Crippen LogP contribution is 2.13. The SMILES string of the molecule is O=C1NC(=S)NC(=O)C1=C/C=C/c1coc2ccc(F)cc2c1=O. The number of hydrogen-bond donors (Lipinski definition) is 2. The molecule has 1 fully saturated rings. The van der Waals surface area contributed by atoms with E-state index in [-0.39, 0.29) is 27.2 Å². The average Bonchev–Trinajstić information content (AvgIpc) is 2.52. The molecule has 0 bridgehead atoms. The second-order valence-electron chi connectivity index (χ2n) is 4.84. The predicted molar refractivity (Wildman–Crippen MR) is 88.4 cm³/mol. The summed E-state index contributed by atoms with van der Waals surface area (Å²) in [5.74, 6) is -1.83. The fraction of sp³-hybridized carbons (Fsp3) is 0. The Morgan fingerprint density at radius 1 is 1.12 bits per heavy atom. The van der Waals surface area contributed by atoms with Crippen LogP contribution in [0.3, 0.4) is 0 Å². The Balaban J connectivity index is 1.94. The predicted octanol–water partition coefficient (Wildman–Crippen LogP) is 1.40. The first kappa shape index (κ1) is 15.8. The van der Waals surface area contributed by atoms with Crippen LogP contribution >= 0.6 is 12.2 Å². The number of nitrogens with one attached hydrogen (secondary N) is 2. The van der Waals surface area contributed by atoms with Crippen molar-refractivity contribution < 1.29 is 18.4 Å². The fourth-order valence-corrected chi connectivity index (χ4v) is 2.29. The molecule has 1 saturated heterocycles. The van der Waals surface area contributed by atoms with E-state index >= 15 is 0 Å². The Kier molecular flexibility index (Phi) is 4.05. The van der Waals surface area contributed by atoms with Crippen molar-refractivity contribution in [3.05, 3.63) is 63.8 Å². The van der Waals surface area contributed by atoms with Crippen LogP contribution in [0.1, 0.15) is 5.56 Å². The van der Waals surface area contributed by atoms with Crippen molar-refractivity contribution >= 4 is 46.2 Å². The van der Waals surface area contributed by atoms with Crippen LogP contribution in [0.15, 0.2) is 51.4 Å². The minimum atomic E-state index is -0.638. The van der Waals surface area contributed by atoms with Crippen LogP contribution in [0.25, 0.3) is 17.0 Å². The van der Waals surface area contributed by atoms with E-state index in [1.165, 1.54) is 36.6 Å². The van der Waals surface area contributed by atoms with Gasteiger partial charge in [0.1, 0.15) is 23.2 Å². The second kappa shape index (κ2) is 6.17. The summed E-state index contributed by atoms with van der Waals surface area (Å²) in [5.41, 5.74) is -0.172. The van der Waals surface area contributed by atoms with Gasteiger partial charge in [0.05, 0.1) is 10.9 Å². The van der Waals surface area contributed by atoms with Crippen LogP contribution in [-0.4, -0.2) is 16.9 Å². The molecule has 1 aromatic heterocycles. The van der Waals surface area contributed by atoms with Gasteiger partial charge in [0.25, 0.3) is 11.8 Å². The molecular weight excluding hydrogens is 335 g/mol. The zero-order valence-electron chi connectivity index (χ0n) is 12.0. The van der Waals surface area contributed by atoms with Gasteiger partial charge in [-0.05, 0) is 42.6 Å². The van der Waals surface area contributed by atoms with E-state index in [9.17, 15) is 18.8 Å². The maximum absolute atomic E-state index is 13.3. The molecule has 0 radical (unpaired) electrons. The van der Waals surface area contributed by atoms with E-state index in [2.05, 4.69) is 22.9 Å². The molecule has 0 unspecified atom stereocenters. The molecule has 2 N–H and O–H groups in total. The fourth-order valence-electron chi connectivity index (χ4n) is 2.11. The number of amides is 2. The Labute approximate surface area is 139 Å². The molecule has 0 spiro atoms. The van der Waals surface area contributed by atoms with Crippen LogP contribution in [0.5, 0.6) is 0 Å². The van der Waals surface area contributed by atoms with Crippen molar-refractivity contribution in [1.29, 1.82) is 0 Å². The van der Waals surface area contributed by atoms with Gasteiger partial charge < -0.3 is 4.42 Å². The van der Waals surface area contributed by atoms with Gasteiger partial charge in [-0.2, -0.15) is 0 Å². The summed E-state index contributed by atoms with van der Waals surface area (Å²) in [6.07, 6.45) is 5.16. The van der Waals surface area contributed by atoms with E-state index in [1.807, 2.05) is 0 Å². The zero-order valence-corrected chi connectivity index (χ0v) is 12.8. The quantitative estimate of drug-likeness (QED) is 0.488. The Morgan fingerprint density at radius 2 is 1.83 bits per heavy atom. The van der Waals surface area contributed by atoms with Gasteiger partial charge in [0.15, 0.2) is 10.5 Å². The number of fused-ring (bicyclic) bond motifs is 1. The molecule has 1 aromatic carbocycles. The normalized spacial score (nSPS) is 14.9. The summed E-state index contributed by atoms with van der Waals surface area (Å²) >= 11 is 4.68. The van der Waals surface area contributed by atoms with Crippen molar-refractivity contribution in [2.24, 2.45) is 0 Å². The number of halogens is 1. The van der Waals surface area contributed by atoms with Crippen molar-refractivity contribution in [3.8, 4) is 0 Å². The van der Waals surface area contributed by atoms with Crippen LogP contribution in [-0.2, 0) is 9.59 Å². The van der Waals surface area contributed by atoms with Gasteiger partial charge >= 0.3 is 0 Å². The van der Waals surface area contributed by atoms with Crippen molar-refractivity contribution in [3.63, 3.8) is 0 Å². The summed E-state index contributed by atoms with van der Waals surface area (Å²) in [5, 5.41) is 4.61. The molecule has 0 saturated carbocycles. The van der Waals surface area contributed by atoms with Gasteiger partial charge in [0.2, 0.25) is 0 Å². The third kappa shape index (κ3) is 2.99. The lowest BCUT2D eigenvalue weighted by Gasteiger charge is -2.15. The molecule has 2 aromatic rings. The summed E-state index contributed by atoms with van der Waals surface area (Å²) in [7, 11) is 0. The lowest BCUT2D eigenvalue weighted by atomic mass is 10.1. The highest BCUT2D eigenvalue weighted by Gasteiger charge is 2.24. The Morgan fingerprint density at radius 3 is 2.54 bits per heavy atom. The number of rotatable bonds is 2. The number of benzene rings is 1. The van der Waals surface area contributed by atoms with Crippen LogP contribution < -0.4 is 16.1 Å². The summed E-state index contributed by atoms with van der Waals surface area (Å²) in [6.45, 7) is 0. The van der Waals surface area contributed by atoms with E-state index in [0.717, 1.165) is 6.07 Å². The molecule has 2 amide bonds. The minimum Gasteiger partial charge on any atom is -0.463 e. The lowest BCUT2D eigenvalue weighted by Crippen LogP contribution is -2.51. The molecule has 3 rings (SSSR count). The van der Waals surface area contributed by atoms with Gasteiger partial charge in [-0.25, -0.2) is 4.39 Å². The summed E-state index contributed by atoms with van der Waals surface area (Å²) in [6, 6.07) is 3.64. The third-order valence-corrected chi connectivity index (χ3v) is 3.45. The monoisotopic (exact) mass is 344 g/mol. The smallest absolute Gasteiger partial charge is 0.263 e. The maximum atomic E-state index is 13.3. The Hall–Kier alpha value is -3.13. The molecule has 0 aliphatic carbocycles. The highest BCUT2D eigenvalue weighted by molar-refractivity contribution is 7.80. The second-order valence-corrected chi connectivity index (χ2v) is 5.25. The zero-order chi connectivity index (χ0) is 17.3. The average molecular weight is 344 g/mol. The largest absolute Gasteiger partial charge is 0.463 e. The number of hydrogen-bond acceptors (Lipinski definition) is 5.